The Morgan fingerprint density at radius 1 is 1.29 bits per heavy atom. The van der Waals surface area contributed by atoms with Gasteiger partial charge in [0.25, 0.3) is 0 Å². The van der Waals surface area contributed by atoms with E-state index in [-0.39, 0.29) is 18.3 Å². The van der Waals surface area contributed by atoms with Crippen LogP contribution in [0.4, 0.5) is 5.00 Å². The van der Waals surface area contributed by atoms with Crippen LogP contribution in [-0.4, -0.2) is 39.5 Å². The SMILES string of the molecule is COC(=O)c1c(NC(=O)CSc2nnc(COc3ccccc3C)n2C)sc2c1CCC(C)C2. The van der Waals surface area contributed by atoms with E-state index in [2.05, 4.69) is 22.4 Å². The molecule has 1 aliphatic rings. The summed E-state index contributed by atoms with van der Waals surface area (Å²) in [6.07, 6.45) is 2.77. The van der Waals surface area contributed by atoms with E-state index < -0.39 is 5.97 Å². The Labute approximate surface area is 207 Å². The zero-order valence-electron chi connectivity index (χ0n) is 19.7. The fraction of sp³-hybridized carbons (Fsp3) is 0.417. The van der Waals surface area contributed by atoms with E-state index >= 15 is 0 Å². The number of thiophene rings is 1. The molecule has 8 nitrogen and oxygen atoms in total. The minimum atomic E-state index is -0.401. The number of fused-ring (bicyclic) bond motifs is 1. The molecule has 1 N–H and O–H groups in total. The van der Waals surface area contributed by atoms with Crippen molar-refractivity contribution in [2.24, 2.45) is 13.0 Å². The number of nitrogens with zero attached hydrogens (tertiary/aromatic N) is 3. The molecule has 2 heterocycles. The summed E-state index contributed by atoms with van der Waals surface area (Å²) >= 11 is 2.77. The maximum absolute atomic E-state index is 12.7. The number of esters is 1. The van der Waals surface area contributed by atoms with Crippen LogP contribution in [0, 0.1) is 12.8 Å². The highest BCUT2D eigenvalue weighted by Gasteiger charge is 2.29. The zero-order chi connectivity index (χ0) is 24.2. The Hall–Kier alpha value is -2.85. The largest absolute Gasteiger partial charge is 0.485 e. The van der Waals surface area contributed by atoms with Crippen molar-refractivity contribution in [1.29, 1.82) is 0 Å². The maximum Gasteiger partial charge on any atom is 0.341 e. The molecule has 1 atom stereocenters. The molecular formula is C24H28N4O4S2. The zero-order valence-corrected chi connectivity index (χ0v) is 21.3. The maximum atomic E-state index is 12.7. The first-order valence-corrected chi connectivity index (χ1v) is 12.9. The standard InChI is InChI=1S/C24H28N4O4S2/c1-14-9-10-16-18(11-14)34-22(21(16)23(30)31-4)25-20(29)13-33-24-27-26-19(28(24)3)12-32-17-8-6-5-7-15(17)2/h5-8,14H,9-13H2,1-4H3,(H,25,29). The van der Waals surface area contributed by atoms with Crippen LogP contribution in [0.25, 0.3) is 0 Å². The number of aromatic nitrogens is 3. The summed E-state index contributed by atoms with van der Waals surface area (Å²) in [6, 6.07) is 7.79. The molecule has 10 heteroatoms. The lowest BCUT2D eigenvalue weighted by atomic mass is 9.88. The molecule has 3 aromatic rings. The van der Waals surface area contributed by atoms with Gasteiger partial charge in [-0.15, -0.1) is 21.5 Å². The number of methoxy groups -OCH3 is 1. The van der Waals surface area contributed by atoms with E-state index in [1.54, 1.807) is 0 Å². The van der Waals surface area contributed by atoms with Crippen LogP contribution in [0.5, 0.6) is 5.75 Å². The Kier molecular flexibility index (Phi) is 7.57. The molecule has 0 bridgehead atoms. The molecule has 180 valence electrons. The third-order valence-corrected chi connectivity index (χ3v) is 8.05. The van der Waals surface area contributed by atoms with Gasteiger partial charge in [-0.1, -0.05) is 36.9 Å². The molecular weight excluding hydrogens is 472 g/mol. The second-order valence-corrected chi connectivity index (χ2v) is 10.4. The summed E-state index contributed by atoms with van der Waals surface area (Å²) in [7, 11) is 3.22. The topological polar surface area (TPSA) is 95.3 Å². The van der Waals surface area contributed by atoms with Crippen molar-refractivity contribution in [2.75, 3.05) is 18.2 Å². The first-order chi connectivity index (χ1) is 16.4. The van der Waals surface area contributed by atoms with Gasteiger partial charge in [-0.05, 0) is 49.3 Å². The molecule has 0 spiro atoms. The van der Waals surface area contributed by atoms with Crippen LogP contribution < -0.4 is 10.1 Å². The monoisotopic (exact) mass is 500 g/mol. The van der Waals surface area contributed by atoms with E-state index in [1.165, 1.54) is 30.2 Å². The van der Waals surface area contributed by atoms with Gasteiger partial charge >= 0.3 is 5.97 Å². The van der Waals surface area contributed by atoms with Gasteiger partial charge in [0.15, 0.2) is 11.0 Å². The Morgan fingerprint density at radius 2 is 2.09 bits per heavy atom. The first-order valence-electron chi connectivity index (χ1n) is 11.1. The number of rotatable bonds is 8. The molecule has 0 radical (unpaired) electrons. The number of para-hydroxylation sites is 1. The van der Waals surface area contributed by atoms with Gasteiger partial charge in [0.1, 0.15) is 17.4 Å². The van der Waals surface area contributed by atoms with Crippen molar-refractivity contribution < 1.29 is 19.1 Å². The first kappa shape index (κ1) is 24.3. The third kappa shape index (κ3) is 5.28. The number of carbonyl (C=O) groups is 2. The summed E-state index contributed by atoms with van der Waals surface area (Å²) in [5.41, 5.74) is 2.57. The Balaban J connectivity index is 1.38. The molecule has 0 aliphatic heterocycles. The predicted octanol–water partition coefficient (Wildman–Crippen LogP) is 4.41. The highest BCUT2D eigenvalue weighted by atomic mass is 32.2. The highest BCUT2D eigenvalue weighted by Crippen LogP contribution is 2.40. The number of nitrogens with one attached hydrogen (secondary N) is 1. The molecule has 1 aliphatic carbocycles. The number of thioether (sulfide) groups is 1. The van der Waals surface area contributed by atoms with Gasteiger partial charge < -0.3 is 19.4 Å². The predicted molar refractivity (Wildman–Crippen MR) is 133 cm³/mol. The smallest absolute Gasteiger partial charge is 0.341 e. The van der Waals surface area contributed by atoms with Crippen molar-refractivity contribution >= 4 is 40.0 Å². The quantitative estimate of drug-likeness (QED) is 0.362. The molecule has 0 saturated carbocycles. The van der Waals surface area contributed by atoms with E-state index in [0.717, 1.165) is 41.0 Å². The summed E-state index contributed by atoms with van der Waals surface area (Å²) in [6.45, 7) is 4.47. The van der Waals surface area contributed by atoms with Crippen molar-refractivity contribution in [2.45, 2.75) is 44.9 Å². The average molecular weight is 501 g/mol. The number of carbonyl (C=O) groups excluding carboxylic acids is 2. The van der Waals surface area contributed by atoms with Gasteiger partial charge in [0.2, 0.25) is 5.91 Å². The fourth-order valence-corrected chi connectivity index (χ4v) is 6.05. The summed E-state index contributed by atoms with van der Waals surface area (Å²) in [5, 5.41) is 12.5. The minimum Gasteiger partial charge on any atom is -0.485 e. The van der Waals surface area contributed by atoms with Crippen molar-refractivity contribution in [1.82, 2.24) is 14.8 Å². The summed E-state index contributed by atoms with van der Waals surface area (Å²) in [4.78, 5) is 26.3. The Bertz CT molecular complexity index is 1200. The molecule has 0 fully saturated rings. The molecule has 1 unspecified atom stereocenters. The molecule has 4 rings (SSSR count). The summed E-state index contributed by atoms with van der Waals surface area (Å²) in [5.74, 6) is 1.57. The van der Waals surface area contributed by atoms with Crippen LogP contribution >= 0.6 is 23.1 Å². The van der Waals surface area contributed by atoms with Crippen molar-refractivity contribution in [3.8, 4) is 5.75 Å². The molecule has 2 aromatic heterocycles. The third-order valence-electron chi connectivity index (χ3n) is 5.86. The lowest BCUT2D eigenvalue weighted by Gasteiger charge is -2.18. The van der Waals surface area contributed by atoms with Crippen molar-refractivity contribution in [3.63, 3.8) is 0 Å². The number of benzene rings is 1. The Morgan fingerprint density at radius 3 is 2.85 bits per heavy atom. The number of ether oxygens (including phenoxy) is 2. The van der Waals surface area contributed by atoms with Gasteiger partial charge in [0, 0.05) is 11.9 Å². The van der Waals surface area contributed by atoms with Crippen LogP contribution in [0.3, 0.4) is 0 Å². The number of hydrogen-bond donors (Lipinski definition) is 1. The fourth-order valence-electron chi connectivity index (χ4n) is 3.91. The number of amides is 1. The van der Waals surface area contributed by atoms with E-state index in [4.69, 9.17) is 9.47 Å². The lowest BCUT2D eigenvalue weighted by molar-refractivity contribution is -0.113. The van der Waals surface area contributed by atoms with Gasteiger partial charge in [-0.2, -0.15) is 0 Å². The normalized spacial score (nSPS) is 15.0. The minimum absolute atomic E-state index is 0.143. The van der Waals surface area contributed by atoms with E-state index in [9.17, 15) is 9.59 Å². The van der Waals surface area contributed by atoms with Gasteiger partial charge in [-0.25, -0.2) is 4.79 Å². The van der Waals surface area contributed by atoms with Gasteiger partial charge in [-0.3, -0.25) is 4.79 Å². The van der Waals surface area contributed by atoms with Crippen molar-refractivity contribution in [3.05, 3.63) is 51.7 Å². The van der Waals surface area contributed by atoms with Gasteiger partial charge in [0.05, 0.1) is 18.4 Å². The molecule has 0 saturated heterocycles. The molecule has 1 aromatic carbocycles. The number of anilines is 1. The molecule has 34 heavy (non-hydrogen) atoms. The number of aryl methyl sites for hydroxylation is 1. The van der Waals surface area contributed by atoms with Crippen LogP contribution in [0.15, 0.2) is 29.4 Å². The van der Waals surface area contributed by atoms with E-state index in [1.807, 2.05) is 42.8 Å². The van der Waals surface area contributed by atoms with E-state index in [0.29, 0.717) is 27.5 Å². The van der Waals surface area contributed by atoms with Crippen LogP contribution in [0.1, 0.15) is 45.5 Å². The second-order valence-electron chi connectivity index (χ2n) is 8.40. The number of hydrogen-bond acceptors (Lipinski definition) is 8. The second kappa shape index (κ2) is 10.6. The lowest BCUT2D eigenvalue weighted by Crippen LogP contribution is -2.17. The van der Waals surface area contributed by atoms with Crippen LogP contribution in [-0.2, 0) is 36.0 Å². The highest BCUT2D eigenvalue weighted by molar-refractivity contribution is 7.99. The molecule has 1 amide bonds. The van der Waals surface area contributed by atoms with Crippen LogP contribution in [0.2, 0.25) is 0 Å². The average Bonchev–Trinajstić information content (AvgIpc) is 3.35. The summed E-state index contributed by atoms with van der Waals surface area (Å²) < 4.78 is 12.7.